The molecule has 0 aromatic carbocycles. The van der Waals surface area contributed by atoms with Gasteiger partial charge in [-0.2, -0.15) is 0 Å². The van der Waals surface area contributed by atoms with Gasteiger partial charge < -0.3 is 9.84 Å². The van der Waals surface area contributed by atoms with E-state index >= 15 is 0 Å². The minimum absolute atomic E-state index is 0.485. The molecule has 1 fully saturated rings. The lowest BCUT2D eigenvalue weighted by molar-refractivity contribution is 0.126. The average Bonchev–Trinajstić information content (AvgIpc) is 2.40. The van der Waals surface area contributed by atoms with Gasteiger partial charge in [-0.05, 0) is 18.4 Å². The second-order valence-corrected chi connectivity index (χ2v) is 4.76. The van der Waals surface area contributed by atoms with Crippen LogP contribution in [0.5, 0.6) is 5.88 Å². The van der Waals surface area contributed by atoms with E-state index in [1.54, 1.807) is 19.2 Å². The third-order valence-electron chi connectivity index (χ3n) is 3.49. The predicted octanol–water partition coefficient (Wildman–Crippen LogP) is 2.49. The van der Waals surface area contributed by atoms with Gasteiger partial charge in [-0.1, -0.05) is 32.1 Å². The van der Waals surface area contributed by atoms with Crippen LogP contribution in [0.1, 0.15) is 50.3 Å². The van der Waals surface area contributed by atoms with E-state index in [-0.39, 0.29) is 0 Å². The first-order valence-corrected chi connectivity index (χ1v) is 6.35. The zero-order valence-electron chi connectivity index (χ0n) is 10.3. The van der Waals surface area contributed by atoms with Crippen molar-refractivity contribution in [3.63, 3.8) is 0 Å². The lowest BCUT2D eigenvalue weighted by Crippen LogP contribution is -2.12. The molecule has 1 aliphatic rings. The third kappa shape index (κ3) is 3.40. The fourth-order valence-corrected chi connectivity index (χ4v) is 2.48. The molecule has 0 spiro atoms. The molecule has 1 heterocycles. The quantitative estimate of drug-likeness (QED) is 0.872. The van der Waals surface area contributed by atoms with Gasteiger partial charge in [0.2, 0.25) is 5.88 Å². The van der Waals surface area contributed by atoms with E-state index in [1.807, 2.05) is 0 Å². The Balaban J connectivity index is 1.91. The molecule has 0 aliphatic heterocycles. The van der Waals surface area contributed by atoms with Crippen molar-refractivity contribution in [2.45, 2.75) is 44.6 Å². The lowest BCUT2D eigenvalue weighted by Gasteiger charge is -2.23. The number of aliphatic hydroxyl groups is 1. The van der Waals surface area contributed by atoms with E-state index in [2.05, 4.69) is 10.2 Å². The minimum atomic E-state index is -0.489. The summed E-state index contributed by atoms with van der Waals surface area (Å²) in [5.74, 6) is 1.13. The molecule has 0 saturated heterocycles. The third-order valence-corrected chi connectivity index (χ3v) is 3.49. The number of hydrogen-bond acceptors (Lipinski definition) is 4. The molecule has 1 saturated carbocycles. The van der Waals surface area contributed by atoms with Crippen LogP contribution in [-0.4, -0.2) is 22.4 Å². The van der Waals surface area contributed by atoms with E-state index < -0.39 is 6.10 Å². The number of rotatable bonds is 4. The zero-order chi connectivity index (χ0) is 12.1. The first-order valence-electron chi connectivity index (χ1n) is 6.35. The molecule has 1 aromatic heterocycles. The average molecular weight is 236 g/mol. The van der Waals surface area contributed by atoms with Crippen molar-refractivity contribution in [3.05, 3.63) is 17.8 Å². The summed E-state index contributed by atoms with van der Waals surface area (Å²) in [5, 5.41) is 18.0. The minimum Gasteiger partial charge on any atom is -0.480 e. The van der Waals surface area contributed by atoms with Gasteiger partial charge in [-0.25, -0.2) is 0 Å². The van der Waals surface area contributed by atoms with Crippen LogP contribution in [0, 0.1) is 5.92 Å². The highest BCUT2D eigenvalue weighted by atomic mass is 16.5. The van der Waals surface area contributed by atoms with Crippen LogP contribution < -0.4 is 4.74 Å². The molecule has 1 N–H and O–H groups in total. The molecule has 1 aliphatic carbocycles. The van der Waals surface area contributed by atoms with Gasteiger partial charge in [0.05, 0.1) is 18.9 Å². The number of ether oxygens (including phenoxy) is 1. The summed E-state index contributed by atoms with van der Waals surface area (Å²) in [6.07, 6.45) is 6.73. The molecule has 0 bridgehead atoms. The highest BCUT2D eigenvalue weighted by molar-refractivity contribution is 5.12. The number of aromatic nitrogens is 2. The fraction of sp³-hybridized carbons (Fsp3) is 0.692. The van der Waals surface area contributed by atoms with Crippen molar-refractivity contribution in [3.8, 4) is 5.88 Å². The maximum atomic E-state index is 10.1. The first-order chi connectivity index (χ1) is 8.29. The zero-order valence-corrected chi connectivity index (χ0v) is 10.3. The van der Waals surface area contributed by atoms with Crippen LogP contribution in [0.2, 0.25) is 0 Å². The van der Waals surface area contributed by atoms with Crippen molar-refractivity contribution in [2.24, 2.45) is 5.92 Å². The topological polar surface area (TPSA) is 55.2 Å². The molecule has 0 amide bonds. The molecule has 1 aromatic rings. The second-order valence-electron chi connectivity index (χ2n) is 4.76. The molecule has 0 radical (unpaired) electrons. The van der Waals surface area contributed by atoms with Gasteiger partial charge in [0, 0.05) is 6.07 Å². The summed E-state index contributed by atoms with van der Waals surface area (Å²) in [6, 6.07) is 3.53. The Labute approximate surface area is 102 Å². The Morgan fingerprint density at radius 2 is 2.06 bits per heavy atom. The Morgan fingerprint density at radius 1 is 1.29 bits per heavy atom. The fourth-order valence-electron chi connectivity index (χ4n) is 2.48. The van der Waals surface area contributed by atoms with E-state index in [4.69, 9.17) is 4.74 Å². The summed E-state index contributed by atoms with van der Waals surface area (Å²) in [6.45, 7) is 0. The standard InChI is InChI=1S/C13H20N2O2/c1-17-13-8-7-11(14-15-13)12(16)9-10-5-3-2-4-6-10/h7-8,10,12,16H,2-6,9H2,1H3. The largest absolute Gasteiger partial charge is 0.480 e. The molecule has 1 unspecified atom stereocenters. The van der Waals surface area contributed by atoms with Crippen LogP contribution in [0.4, 0.5) is 0 Å². The van der Waals surface area contributed by atoms with Crippen LogP contribution in [0.3, 0.4) is 0 Å². The predicted molar refractivity (Wildman–Crippen MR) is 64.7 cm³/mol. The van der Waals surface area contributed by atoms with Gasteiger partial charge in [0.1, 0.15) is 0 Å². The van der Waals surface area contributed by atoms with E-state index in [1.165, 1.54) is 32.1 Å². The van der Waals surface area contributed by atoms with Crippen molar-refractivity contribution in [1.29, 1.82) is 0 Å². The van der Waals surface area contributed by atoms with E-state index in [9.17, 15) is 5.11 Å². The van der Waals surface area contributed by atoms with Gasteiger partial charge in [-0.15, -0.1) is 10.2 Å². The number of methoxy groups -OCH3 is 1. The molecule has 94 valence electrons. The van der Waals surface area contributed by atoms with Gasteiger partial charge in [-0.3, -0.25) is 0 Å². The highest BCUT2D eigenvalue weighted by Gasteiger charge is 2.19. The Bertz CT molecular complexity index is 334. The lowest BCUT2D eigenvalue weighted by atomic mass is 9.85. The van der Waals surface area contributed by atoms with Gasteiger partial charge in [0.15, 0.2) is 0 Å². The first kappa shape index (κ1) is 12.3. The van der Waals surface area contributed by atoms with Crippen molar-refractivity contribution in [2.75, 3.05) is 7.11 Å². The van der Waals surface area contributed by atoms with E-state index in [0.29, 0.717) is 17.5 Å². The van der Waals surface area contributed by atoms with Crippen molar-refractivity contribution in [1.82, 2.24) is 10.2 Å². The molecule has 4 nitrogen and oxygen atoms in total. The van der Waals surface area contributed by atoms with Crippen LogP contribution >= 0.6 is 0 Å². The van der Waals surface area contributed by atoms with Crippen LogP contribution in [-0.2, 0) is 0 Å². The molecule has 1 atom stereocenters. The molecular formula is C13H20N2O2. The summed E-state index contributed by atoms with van der Waals surface area (Å²) in [4.78, 5) is 0. The Hall–Kier alpha value is -1.16. The SMILES string of the molecule is COc1ccc(C(O)CC2CCCCC2)nn1. The smallest absolute Gasteiger partial charge is 0.233 e. The van der Waals surface area contributed by atoms with E-state index in [0.717, 1.165) is 6.42 Å². The van der Waals surface area contributed by atoms with Crippen LogP contribution in [0.15, 0.2) is 12.1 Å². The highest BCUT2D eigenvalue weighted by Crippen LogP contribution is 2.31. The number of aliphatic hydroxyl groups excluding tert-OH is 1. The molecule has 4 heteroatoms. The van der Waals surface area contributed by atoms with Crippen molar-refractivity contribution < 1.29 is 9.84 Å². The Morgan fingerprint density at radius 3 is 2.65 bits per heavy atom. The number of hydrogen-bond donors (Lipinski definition) is 1. The maximum absolute atomic E-state index is 10.1. The van der Waals surface area contributed by atoms with Crippen LogP contribution in [0.25, 0.3) is 0 Å². The maximum Gasteiger partial charge on any atom is 0.233 e. The normalized spacial score (nSPS) is 18.9. The summed E-state index contributed by atoms with van der Waals surface area (Å²) >= 11 is 0. The summed E-state index contributed by atoms with van der Waals surface area (Å²) in [7, 11) is 1.56. The number of nitrogens with zero attached hydrogens (tertiary/aromatic N) is 2. The Kier molecular flexibility index (Phi) is 4.31. The monoisotopic (exact) mass is 236 g/mol. The summed E-state index contributed by atoms with van der Waals surface area (Å²) in [5.41, 5.74) is 0.649. The summed E-state index contributed by atoms with van der Waals surface area (Å²) < 4.78 is 4.94. The molecule has 17 heavy (non-hydrogen) atoms. The van der Waals surface area contributed by atoms with Gasteiger partial charge in [0.25, 0.3) is 0 Å². The molecular weight excluding hydrogens is 216 g/mol. The van der Waals surface area contributed by atoms with Crippen molar-refractivity contribution >= 4 is 0 Å². The van der Waals surface area contributed by atoms with Gasteiger partial charge >= 0.3 is 0 Å². The molecule has 2 rings (SSSR count). The second kappa shape index (κ2) is 5.96.